The highest BCUT2D eigenvalue weighted by atomic mass is 79.9. The summed E-state index contributed by atoms with van der Waals surface area (Å²) in [6.45, 7) is 1.96. The lowest BCUT2D eigenvalue weighted by Gasteiger charge is -2.00. The molecule has 0 aliphatic rings. The quantitative estimate of drug-likeness (QED) is 0.809. The molecule has 0 radical (unpaired) electrons. The van der Waals surface area contributed by atoms with E-state index in [9.17, 15) is 8.42 Å². The van der Waals surface area contributed by atoms with Gasteiger partial charge in [0.25, 0.3) is 9.05 Å². The molecule has 17 heavy (non-hydrogen) atoms. The predicted octanol–water partition coefficient (Wildman–Crippen LogP) is 2.98. The Hall–Kier alpha value is -0.590. The molecule has 2 rings (SSSR count). The summed E-state index contributed by atoms with van der Waals surface area (Å²) in [4.78, 5) is 4.29. The molecule has 0 amide bonds. The molecule has 92 valence electrons. The summed E-state index contributed by atoms with van der Waals surface area (Å²) >= 11 is 3.30. The number of hydrogen-bond acceptors (Lipinski definition) is 3. The fourth-order valence-electron chi connectivity index (χ4n) is 1.70. The van der Waals surface area contributed by atoms with Crippen molar-refractivity contribution in [3.63, 3.8) is 0 Å². The van der Waals surface area contributed by atoms with Crippen LogP contribution in [0.1, 0.15) is 19.0 Å². The van der Waals surface area contributed by atoms with E-state index in [1.165, 1.54) is 4.40 Å². The maximum Gasteiger partial charge on any atom is 0.279 e. The molecule has 0 saturated carbocycles. The van der Waals surface area contributed by atoms with Gasteiger partial charge in [0, 0.05) is 21.4 Å². The molecule has 0 N–H and O–H groups in total. The van der Waals surface area contributed by atoms with Crippen LogP contribution in [0, 0.1) is 0 Å². The van der Waals surface area contributed by atoms with Crippen LogP contribution in [0.25, 0.3) is 5.65 Å². The number of imidazole rings is 1. The fourth-order valence-corrected chi connectivity index (χ4v) is 3.34. The number of nitrogens with zero attached hydrogens (tertiary/aromatic N) is 2. The number of fused-ring (bicyclic) bond motifs is 1. The minimum atomic E-state index is -3.80. The molecule has 0 atom stereocenters. The van der Waals surface area contributed by atoms with Crippen LogP contribution < -0.4 is 0 Å². The van der Waals surface area contributed by atoms with Gasteiger partial charge in [-0.15, -0.1) is 0 Å². The molecule has 0 unspecified atom stereocenters. The van der Waals surface area contributed by atoms with Gasteiger partial charge in [0.1, 0.15) is 5.65 Å². The first-order valence-electron chi connectivity index (χ1n) is 5.04. The predicted molar refractivity (Wildman–Crippen MR) is 69.9 cm³/mol. The Balaban J connectivity index is 2.83. The SMILES string of the molecule is CCCc1nc2ccc(Br)cn2c1S(=O)(=O)Cl. The molecule has 4 nitrogen and oxygen atoms in total. The van der Waals surface area contributed by atoms with Crippen molar-refractivity contribution in [1.29, 1.82) is 0 Å². The minimum Gasteiger partial charge on any atom is -0.288 e. The van der Waals surface area contributed by atoms with E-state index in [-0.39, 0.29) is 5.03 Å². The normalized spacial score (nSPS) is 12.2. The van der Waals surface area contributed by atoms with Gasteiger partial charge in [-0.3, -0.25) is 4.40 Å². The van der Waals surface area contributed by atoms with Crippen LogP contribution >= 0.6 is 26.6 Å². The maximum absolute atomic E-state index is 11.6. The topological polar surface area (TPSA) is 51.4 Å². The number of hydrogen-bond donors (Lipinski definition) is 0. The van der Waals surface area contributed by atoms with Gasteiger partial charge in [0.2, 0.25) is 0 Å². The van der Waals surface area contributed by atoms with E-state index in [1.54, 1.807) is 12.3 Å². The van der Waals surface area contributed by atoms with Crippen molar-refractivity contribution in [2.45, 2.75) is 24.8 Å². The first-order valence-corrected chi connectivity index (χ1v) is 8.15. The Bertz CT molecular complexity index is 666. The monoisotopic (exact) mass is 336 g/mol. The molecule has 0 aliphatic heterocycles. The van der Waals surface area contributed by atoms with Gasteiger partial charge in [0.05, 0.1) is 5.69 Å². The van der Waals surface area contributed by atoms with Crippen molar-refractivity contribution >= 4 is 41.3 Å². The highest BCUT2D eigenvalue weighted by Gasteiger charge is 2.22. The zero-order valence-corrected chi connectivity index (χ0v) is 12.2. The van der Waals surface area contributed by atoms with Gasteiger partial charge >= 0.3 is 0 Å². The molecule has 0 aliphatic carbocycles. The molecule has 0 saturated heterocycles. The van der Waals surface area contributed by atoms with Crippen LogP contribution in [-0.4, -0.2) is 17.8 Å². The van der Waals surface area contributed by atoms with Crippen molar-refractivity contribution in [1.82, 2.24) is 9.38 Å². The molecular formula is C10H10BrClN2O2S. The molecular weight excluding hydrogens is 328 g/mol. The van der Waals surface area contributed by atoms with Crippen molar-refractivity contribution in [2.24, 2.45) is 0 Å². The van der Waals surface area contributed by atoms with Crippen LogP contribution in [0.15, 0.2) is 27.8 Å². The second kappa shape index (κ2) is 4.59. The van der Waals surface area contributed by atoms with Gasteiger partial charge < -0.3 is 0 Å². The van der Waals surface area contributed by atoms with Crippen molar-refractivity contribution in [3.05, 3.63) is 28.5 Å². The summed E-state index contributed by atoms with van der Waals surface area (Å²) in [5.74, 6) is 0. The molecule has 7 heteroatoms. The van der Waals surface area contributed by atoms with Crippen molar-refractivity contribution in [3.8, 4) is 0 Å². The van der Waals surface area contributed by atoms with Gasteiger partial charge in [-0.2, -0.15) is 0 Å². The van der Waals surface area contributed by atoms with Crippen LogP contribution in [0.2, 0.25) is 0 Å². The molecule has 2 aromatic heterocycles. The van der Waals surface area contributed by atoms with Crippen LogP contribution in [0.5, 0.6) is 0 Å². The molecule has 2 aromatic rings. The Kier molecular flexibility index (Phi) is 3.47. The molecule has 0 fully saturated rings. The van der Waals surface area contributed by atoms with Gasteiger partial charge in [-0.1, -0.05) is 13.3 Å². The maximum atomic E-state index is 11.6. The second-order valence-electron chi connectivity index (χ2n) is 3.63. The lowest BCUT2D eigenvalue weighted by atomic mass is 10.3. The number of aryl methyl sites for hydroxylation is 1. The van der Waals surface area contributed by atoms with E-state index in [0.717, 1.165) is 10.9 Å². The lowest BCUT2D eigenvalue weighted by molar-refractivity contribution is 0.603. The Morgan fingerprint density at radius 3 is 2.76 bits per heavy atom. The number of rotatable bonds is 3. The third kappa shape index (κ3) is 2.48. The summed E-state index contributed by atoms with van der Waals surface area (Å²) in [7, 11) is 1.66. The van der Waals surface area contributed by atoms with E-state index in [0.29, 0.717) is 17.8 Å². The fraction of sp³-hybridized carbons (Fsp3) is 0.300. The largest absolute Gasteiger partial charge is 0.288 e. The van der Waals surface area contributed by atoms with E-state index in [4.69, 9.17) is 10.7 Å². The van der Waals surface area contributed by atoms with Gasteiger partial charge in [-0.05, 0) is 34.5 Å². The lowest BCUT2D eigenvalue weighted by Crippen LogP contribution is -2.01. The van der Waals surface area contributed by atoms with E-state index < -0.39 is 9.05 Å². The molecule has 0 aromatic carbocycles. The average Bonchev–Trinajstić information content (AvgIpc) is 2.54. The summed E-state index contributed by atoms with van der Waals surface area (Å²) in [5, 5.41) is 0.0670. The first-order chi connectivity index (χ1) is 7.93. The zero-order chi connectivity index (χ0) is 12.6. The summed E-state index contributed by atoms with van der Waals surface area (Å²) < 4.78 is 25.5. The smallest absolute Gasteiger partial charge is 0.279 e. The number of pyridine rings is 1. The average molecular weight is 338 g/mol. The Morgan fingerprint density at radius 2 is 2.18 bits per heavy atom. The third-order valence-corrected chi connectivity index (χ3v) is 4.13. The Morgan fingerprint density at radius 1 is 1.47 bits per heavy atom. The molecule has 0 spiro atoms. The zero-order valence-electron chi connectivity index (χ0n) is 9.02. The van der Waals surface area contributed by atoms with Crippen LogP contribution in [0.3, 0.4) is 0 Å². The van der Waals surface area contributed by atoms with E-state index in [2.05, 4.69) is 20.9 Å². The summed E-state index contributed by atoms with van der Waals surface area (Å²) in [5.41, 5.74) is 1.09. The van der Waals surface area contributed by atoms with Gasteiger partial charge in [0.15, 0.2) is 5.03 Å². The first kappa shape index (κ1) is 12.9. The minimum absolute atomic E-state index is 0.0670. The number of aromatic nitrogens is 2. The highest BCUT2D eigenvalue weighted by Crippen LogP contribution is 2.24. The van der Waals surface area contributed by atoms with E-state index in [1.807, 2.05) is 13.0 Å². The summed E-state index contributed by atoms with van der Waals surface area (Å²) in [6.07, 6.45) is 3.04. The van der Waals surface area contributed by atoms with Crippen LogP contribution in [-0.2, 0) is 15.5 Å². The Labute approximate surface area is 112 Å². The third-order valence-electron chi connectivity index (χ3n) is 2.32. The van der Waals surface area contributed by atoms with Crippen molar-refractivity contribution in [2.75, 3.05) is 0 Å². The standard InChI is InChI=1S/C10H10BrClN2O2S/c1-2-3-8-10(17(12,15)16)14-6-7(11)4-5-9(14)13-8/h4-6H,2-3H2,1H3. The summed E-state index contributed by atoms with van der Waals surface area (Å²) in [6, 6.07) is 3.55. The number of halogens is 2. The second-order valence-corrected chi connectivity index (χ2v) is 7.02. The molecule has 0 bridgehead atoms. The van der Waals surface area contributed by atoms with Gasteiger partial charge in [-0.25, -0.2) is 13.4 Å². The van der Waals surface area contributed by atoms with Crippen molar-refractivity contribution < 1.29 is 8.42 Å². The van der Waals surface area contributed by atoms with Crippen LogP contribution in [0.4, 0.5) is 0 Å². The highest BCUT2D eigenvalue weighted by molar-refractivity contribution is 9.10. The van der Waals surface area contributed by atoms with E-state index >= 15 is 0 Å². The molecule has 2 heterocycles.